The molecule has 0 N–H and O–H groups in total. The van der Waals surface area contributed by atoms with Gasteiger partial charge in [0.05, 0.1) is 4.75 Å². The van der Waals surface area contributed by atoms with Crippen molar-refractivity contribution in [3.63, 3.8) is 0 Å². The predicted octanol–water partition coefficient (Wildman–Crippen LogP) is 7.57. The molecular weight excluding hydrogens is 380 g/mol. The van der Waals surface area contributed by atoms with Gasteiger partial charge in [0.25, 0.3) is 0 Å². The Hall–Kier alpha value is -2.48. The summed E-state index contributed by atoms with van der Waals surface area (Å²) in [7, 11) is 0. The Balaban J connectivity index is 1.89. The molecule has 0 fully saturated rings. The topological polar surface area (TPSA) is 0 Å². The molecule has 0 aliphatic heterocycles. The van der Waals surface area contributed by atoms with Crippen LogP contribution in [0.1, 0.15) is 22.3 Å². The molecule has 0 saturated carbocycles. The van der Waals surface area contributed by atoms with Crippen LogP contribution in [-0.2, 0) is 10.5 Å². The van der Waals surface area contributed by atoms with Gasteiger partial charge in [0, 0.05) is 10.8 Å². The lowest BCUT2D eigenvalue weighted by atomic mass is 9.84. The lowest BCUT2D eigenvalue weighted by Crippen LogP contribution is -2.25. The Morgan fingerprint density at radius 3 is 1.36 bits per heavy atom. The van der Waals surface area contributed by atoms with Crippen molar-refractivity contribution >= 4 is 23.4 Å². The van der Waals surface area contributed by atoms with Crippen LogP contribution in [0.25, 0.3) is 0 Å². The second kappa shape index (κ2) is 8.68. The van der Waals surface area contributed by atoms with Gasteiger partial charge in [0.15, 0.2) is 0 Å². The highest BCUT2D eigenvalue weighted by molar-refractivity contribution is 7.99. The van der Waals surface area contributed by atoms with E-state index < -0.39 is 0 Å². The fraction of sp³-hybridized carbons (Fsp3) is 0.0769. The zero-order valence-corrected chi connectivity index (χ0v) is 17.0. The van der Waals surface area contributed by atoms with E-state index in [1.165, 1.54) is 16.7 Å². The van der Waals surface area contributed by atoms with Crippen LogP contribution in [0.15, 0.2) is 115 Å². The fourth-order valence-electron chi connectivity index (χ4n) is 3.57. The van der Waals surface area contributed by atoms with E-state index in [0.29, 0.717) is 0 Å². The summed E-state index contributed by atoms with van der Waals surface area (Å²) in [5, 5.41) is 0.818. The van der Waals surface area contributed by atoms with E-state index in [2.05, 4.69) is 103 Å². The first kappa shape index (κ1) is 18.9. The van der Waals surface area contributed by atoms with Crippen LogP contribution >= 0.6 is 23.4 Å². The van der Waals surface area contributed by atoms with Gasteiger partial charge in [-0.1, -0.05) is 121 Å². The number of hydrogen-bond acceptors (Lipinski definition) is 1. The molecule has 2 heteroatoms. The standard InChI is InChI=1S/C26H21ClS/c27-25-19-11-10-12-21(25)20-28-26(22-13-4-1-5-14-22,23-15-6-2-7-16-23)24-17-8-3-9-18-24/h1-19H,20H2. The number of benzene rings is 4. The molecule has 0 aliphatic rings. The van der Waals surface area contributed by atoms with Gasteiger partial charge in [0.1, 0.15) is 0 Å². The SMILES string of the molecule is Clc1ccccc1CSC(c1ccccc1)(c1ccccc1)c1ccccc1. The third kappa shape index (κ3) is 3.73. The van der Waals surface area contributed by atoms with Crippen LogP contribution in [-0.4, -0.2) is 0 Å². The molecular formula is C26H21ClS. The monoisotopic (exact) mass is 400 g/mol. The first-order chi connectivity index (χ1) is 13.8. The molecule has 4 aromatic rings. The summed E-state index contributed by atoms with van der Waals surface area (Å²) in [6.07, 6.45) is 0. The molecule has 0 aliphatic carbocycles. The molecule has 0 heterocycles. The Morgan fingerprint density at radius 1 is 0.536 bits per heavy atom. The average molecular weight is 401 g/mol. The molecule has 0 unspecified atom stereocenters. The van der Waals surface area contributed by atoms with Gasteiger partial charge >= 0.3 is 0 Å². The van der Waals surface area contributed by atoms with Crippen molar-refractivity contribution < 1.29 is 0 Å². The van der Waals surface area contributed by atoms with Crippen LogP contribution in [0.4, 0.5) is 0 Å². The lowest BCUT2D eigenvalue weighted by molar-refractivity contribution is 0.893. The molecule has 0 spiro atoms. The van der Waals surface area contributed by atoms with Crippen molar-refractivity contribution in [1.29, 1.82) is 0 Å². The van der Waals surface area contributed by atoms with Gasteiger partial charge in [-0.2, -0.15) is 0 Å². The highest BCUT2D eigenvalue weighted by atomic mass is 35.5. The van der Waals surface area contributed by atoms with E-state index in [-0.39, 0.29) is 4.75 Å². The largest absolute Gasteiger partial charge is 0.136 e. The maximum atomic E-state index is 6.48. The molecule has 138 valence electrons. The van der Waals surface area contributed by atoms with Gasteiger partial charge in [-0.3, -0.25) is 0 Å². The first-order valence-electron chi connectivity index (χ1n) is 9.34. The molecule has 0 aromatic heterocycles. The van der Waals surface area contributed by atoms with E-state index in [1.807, 2.05) is 23.9 Å². The average Bonchev–Trinajstić information content (AvgIpc) is 2.78. The summed E-state index contributed by atoms with van der Waals surface area (Å²) in [5.41, 5.74) is 4.96. The van der Waals surface area contributed by atoms with E-state index in [4.69, 9.17) is 11.6 Å². The summed E-state index contributed by atoms with van der Waals surface area (Å²) in [5.74, 6) is 0.818. The highest BCUT2D eigenvalue weighted by Gasteiger charge is 2.36. The molecule has 0 radical (unpaired) electrons. The number of thioether (sulfide) groups is 1. The smallest absolute Gasteiger partial charge is 0.0910 e. The molecule has 0 atom stereocenters. The maximum Gasteiger partial charge on any atom is 0.0910 e. The predicted molar refractivity (Wildman–Crippen MR) is 122 cm³/mol. The van der Waals surface area contributed by atoms with Crippen LogP contribution < -0.4 is 0 Å². The third-order valence-electron chi connectivity index (χ3n) is 4.94. The summed E-state index contributed by atoms with van der Waals surface area (Å²) < 4.78 is -0.317. The summed E-state index contributed by atoms with van der Waals surface area (Å²) in [6, 6.07) is 40.4. The van der Waals surface area contributed by atoms with Crippen LogP contribution in [0.3, 0.4) is 0 Å². The van der Waals surface area contributed by atoms with Gasteiger partial charge in [-0.25, -0.2) is 0 Å². The Bertz CT molecular complexity index is 917. The van der Waals surface area contributed by atoms with Crippen molar-refractivity contribution in [2.24, 2.45) is 0 Å². The highest BCUT2D eigenvalue weighted by Crippen LogP contribution is 2.49. The molecule has 4 aromatic carbocycles. The zero-order valence-electron chi connectivity index (χ0n) is 15.5. The van der Waals surface area contributed by atoms with Crippen molar-refractivity contribution in [3.8, 4) is 0 Å². The minimum Gasteiger partial charge on any atom is -0.136 e. The molecule has 0 amide bonds. The minimum atomic E-state index is -0.317. The van der Waals surface area contributed by atoms with Gasteiger partial charge in [-0.15, -0.1) is 11.8 Å². The molecule has 0 bridgehead atoms. The molecule has 28 heavy (non-hydrogen) atoms. The maximum absolute atomic E-state index is 6.48. The summed E-state index contributed by atoms with van der Waals surface area (Å²) in [4.78, 5) is 0. The number of halogens is 1. The van der Waals surface area contributed by atoms with Crippen molar-refractivity contribution in [3.05, 3.63) is 143 Å². The summed E-state index contributed by atoms with van der Waals surface area (Å²) in [6.45, 7) is 0. The van der Waals surface area contributed by atoms with Crippen molar-refractivity contribution in [2.45, 2.75) is 10.5 Å². The van der Waals surface area contributed by atoms with Crippen LogP contribution in [0, 0.1) is 0 Å². The second-order valence-electron chi connectivity index (χ2n) is 6.66. The normalized spacial score (nSPS) is 11.3. The fourth-order valence-corrected chi connectivity index (χ4v) is 5.38. The van der Waals surface area contributed by atoms with E-state index in [0.717, 1.165) is 16.3 Å². The Morgan fingerprint density at radius 2 is 0.929 bits per heavy atom. The van der Waals surface area contributed by atoms with E-state index in [1.54, 1.807) is 0 Å². The van der Waals surface area contributed by atoms with Crippen molar-refractivity contribution in [2.75, 3.05) is 0 Å². The number of rotatable bonds is 6. The Labute approximate surface area is 176 Å². The van der Waals surface area contributed by atoms with Gasteiger partial charge < -0.3 is 0 Å². The quantitative estimate of drug-likeness (QED) is 0.301. The zero-order chi connectivity index (χ0) is 19.2. The van der Waals surface area contributed by atoms with Crippen molar-refractivity contribution in [1.82, 2.24) is 0 Å². The van der Waals surface area contributed by atoms with Crippen LogP contribution in [0.2, 0.25) is 5.02 Å². The number of hydrogen-bond donors (Lipinski definition) is 0. The minimum absolute atomic E-state index is 0.317. The van der Waals surface area contributed by atoms with E-state index in [9.17, 15) is 0 Å². The van der Waals surface area contributed by atoms with Gasteiger partial charge in [0.2, 0.25) is 0 Å². The van der Waals surface area contributed by atoms with E-state index >= 15 is 0 Å². The lowest BCUT2D eigenvalue weighted by Gasteiger charge is -2.35. The summed E-state index contributed by atoms with van der Waals surface area (Å²) >= 11 is 8.39. The Kier molecular flexibility index (Phi) is 5.85. The molecule has 0 nitrogen and oxygen atoms in total. The molecule has 0 saturated heterocycles. The molecule has 4 rings (SSSR count). The van der Waals surface area contributed by atoms with Gasteiger partial charge in [-0.05, 0) is 28.3 Å². The first-order valence-corrected chi connectivity index (χ1v) is 10.7. The third-order valence-corrected chi connectivity index (χ3v) is 6.91. The van der Waals surface area contributed by atoms with Crippen LogP contribution in [0.5, 0.6) is 0 Å². The second-order valence-corrected chi connectivity index (χ2v) is 8.26.